The van der Waals surface area contributed by atoms with Crippen LogP contribution in [-0.4, -0.2) is 166 Å². The van der Waals surface area contributed by atoms with Crippen molar-refractivity contribution in [2.75, 3.05) is 46.8 Å². The molecule has 632 valence electrons. The lowest BCUT2D eigenvalue weighted by Crippen LogP contribution is -2.61. The molecule has 3 unspecified atom stereocenters. The third-order valence-electron chi connectivity index (χ3n) is 23.6. The van der Waals surface area contributed by atoms with Crippen molar-refractivity contribution in [2.45, 2.75) is 292 Å². The van der Waals surface area contributed by atoms with Crippen molar-refractivity contribution in [1.82, 2.24) is 56.9 Å². The van der Waals surface area contributed by atoms with Gasteiger partial charge < -0.3 is 46.9 Å². The number of nitrogens with one attached hydrogen (secondary N) is 7. The van der Waals surface area contributed by atoms with E-state index in [0.717, 1.165) is 117 Å². The number of Topliss-reactive ketones (excluding diaryl/α,β-unsaturated/α-hetero) is 2. The lowest BCUT2D eigenvalue weighted by atomic mass is 9.73. The third-order valence-corrected chi connectivity index (χ3v) is 24.6. The number of piperidine rings is 1. The normalized spacial score (nSPS) is 21.2. The van der Waals surface area contributed by atoms with Gasteiger partial charge in [-0.25, -0.2) is 9.37 Å². The average Bonchev–Trinajstić information content (AvgIpc) is 1.71. The summed E-state index contributed by atoms with van der Waals surface area (Å²) in [5.74, 6) is -0.622. The van der Waals surface area contributed by atoms with Gasteiger partial charge >= 0.3 is 0 Å². The number of thiazole rings is 1. The molecular formula is C93H138FN11O9S. The topological polar surface area (TPSA) is 253 Å². The van der Waals surface area contributed by atoms with Crippen LogP contribution in [0.5, 0.6) is 5.75 Å². The maximum Gasteiger partial charge on any atom is 0.246 e. The summed E-state index contributed by atoms with van der Waals surface area (Å²) < 4.78 is 19.4. The first-order valence-corrected chi connectivity index (χ1v) is 43.2. The van der Waals surface area contributed by atoms with Gasteiger partial charge in [0.25, 0.3) is 0 Å². The molecule has 10 rings (SSSR count). The zero-order chi connectivity index (χ0) is 84.7. The van der Waals surface area contributed by atoms with Crippen LogP contribution in [0.15, 0.2) is 102 Å². The predicted octanol–water partition coefficient (Wildman–Crippen LogP) is 14.4. The summed E-state index contributed by atoms with van der Waals surface area (Å²) in [5, 5.41) is 25.1. The molecule has 5 amide bonds. The summed E-state index contributed by atoms with van der Waals surface area (Å²) in [7, 11) is 3.55. The Bertz CT molecular complexity index is 4070. The summed E-state index contributed by atoms with van der Waals surface area (Å²) in [6.45, 7) is 43.0. The number of rotatable bonds is 27. The number of amides is 5. The standard InChI is InChI=1S/C35H49N3O4.C30H40FN3O3S.C28H49N5O2/c1-9-22(2)31(39)37-30(34(3,4)5)33(41)38-21-25-19-26(42-35(6,7)8)18-17-24(25)20-29(38)32(40)36-28-16-12-14-23-13-10-11-15-27(23)28;1-30(2,3)34-14-12-19(13-15-34)25(16-22(35)17-32-4)28(37)23-6-5-7-24(23)29-33-26(18-38-29)27(36)20-8-10-21(31)11-9-20;1-10-22(20-14-12-11-13-15-20)30-26(35)23-16-21(32-28(6,7)8)17-33(23)18-24(27(3,4)5)31-25(34)19(2)29-9/h10-11,13,15,17-19,22,28-30H,9,12,14,16,20-21H2,1-8H3,(H,36,40)(H,37,39);8-11,18-19,23-25,32H,5-7,12-17H2,1-4H3;11-15,19,21-24,29,32H,10,16-18H2,1-9H3,(H,30,35)(H,31,34)/t22-,28?,29+,30-;23?,24-,25+;19-,21-,22+,23-,24?/m110/s1. The zero-order valence-corrected chi connectivity index (χ0v) is 73.8. The Morgan fingerprint density at radius 2 is 1.36 bits per heavy atom. The number of likely N-dealkylation sites (N-methyl/N-ethyl adjacent to an activating group) is 2. The average molecular weight is 1610 g/mol. The fourth-order valence-corrected chi connectivity index (χ4v) is 17.7. The van der Waals surface area contributed by atoms with E-state index in [-0.39, 0.29) is 160 Å². The number of carbonyl (C=O) groups excluding carboxylic acids is 8. The van der Waals surface area contributed by atoms with Gasteiger partial charge in [0.2, 0.25) is 35.3 Å². The monoisotopic (exact) mass is 1600 g/mol. The van der Waals surface area contributed by atoms with Crippen molar-refractivity contribution in [1.29, 1.82) is 0 Å². The smallest absolute Gasteiger partial charge is 0.246 e. The van der Waals surface area contributed by atoms with Crippen LogP contribution >= 0.6 is 11.3 Å². The van der Waals surface area contributed by atoms with Crippen molar-refractivity contribution in [2.24, 2.45) is 34.5 Å². The molecule has 2 saturated heterocycles. The van der Waals surface area contributed by atoms with Crippen LogP contribution in [0, 0.1) is 40.3 Å². The number of carbonyl (C=O) groups is 8. The third kappa shape index (κ3) is 26.2. The van der Waals surface area contributed by atoms with Crippen molar-refractivity contribution >= 4 is 58.2 Å². The summed E-state index contributed by atoms with van der Waals surface area (Å²) in [4.78, 5) is 119. The molecule has 115 heavy (non-hydrogen) atoms. The molecule has 1 saturated carbocycles. The second-order valence-corrected chi connectivity index (χ2v) is 38.9. The Morgan fingerprint density at radius 1 is 0.687 bits per heavy atom. The van der Waals surface area contributed by atoms with E-state index in [2.05, 4.69) is 146 Å². The first-order chi connectivity index (χ1) is 54.0. The number of hydrogen-bond acceptors (Lipinski definition) is 16. The molecule has 7 N–H and O–H groups in total. The van der Waals surface area contributed by atoms with Crippen molar-refractivity contribution in [3.63, 3.8) is 0 Å². The second kappa shape index (κ2) is 40.7. The largest absolute Gasteiger partial charge is 0.488 e. The summed E-state index contributed by atoms with van der Waals surface area (Å²) in [5.41, 5.74) is 5.24. The van der Waals surface area contributed by atoms with E-state index in [1.54, 1.807) is 24.4 Å². The molecule has 0 bridgehead atoms. The molecular weight excluding hydrogens is 1470 g/mol. The number of nitrogens with zero attached hydrogens (tertiary/aromatic N) is 4. The summed E-state index contributed by atoms with van der Waals surface area (Å²) in [6.07, 6.45) is 10.2. The molecule has 3 aliphatic heterocycles. The molecule has 1 aromatic heterocycles. The van der Waals surface area contributed by atoms with Crippen LogP contribution in [0.4, 0.5) is 4.39 Å². The summed E-state index contributed by atoms with van der Waals surface area (Å²) >= 11 is 1.42. The highest BCUT2D eigenvalue weighted by Gasteiger charge is 2.47. The molecule has 12 atom stereocenters. The molecule has 2 aliphatic carbocycles. The molecule has 3 fully saturated rings. The number of halogens is 1. The van der Waals surface area contributed by atoms with Gasteiger partial charge in [0, 0.05) is 90.3 Å². The van der Waals surface area contributed by atoms with E-state index in [1.807, 2.05) is 111 Å². The number of ketones is 3. The number of likely N-dealkylation sites (tertiary alicyclic amines) is 2. The first-order valence-electron chi connectivity index (χ1n) is 42.4. The van der Waals surface area contributed by atoms with Crippen LogP contribution < -0.4 is 42.0 Å². The fraction of sp³-hybridized carbons (Fsp3) is 0.624. The fourth-order valence-electron chi connectivity index (χ4n) is 16.7. The zero-order valence-electron chi connectivity index (χ0n) is 73.0. The number of aryl methyl sites for hydroxylation is 1. The van der Waals surface area contributed by atoms with Gasteiger partial charge in [0.15, 0.2) is 0 Å². The van der Waals surface area contributed by atoms with Crippen molar-refractivity contribution in [3.8, 4) is 5.75 Å². The molecule has 5 aromatic rings. The minimum absolute atomic E-state index is 0.0187. The van der Waals surface area contributed by atoms with E-state index >= 15 is 0 Å². The van der Waals surface area contributed by atoms with Gasteiger partial charge in [-0.05, 0) is 242 Å². The molecule has 4 heterocycles. The number of aromatic nitrogens is 1. The SMILES string of the molecule is CC[C@@H](C)C(=O)N[C@H](C(=O)N1Cc2cc(OC(C)(C)C)ccc2C[C@H]1C(=O)NC1CCCc2ccccc21)C(C)(C)C.CC[C@@H](NC(=O)[C@@H]1C[C@H](NC(C)(C)C)CN1CC(NC(=O)[C@H](C)NC)C(C)(C)C)c1ccccc1.CNCC(=O)C[C@H](C(=O)C1CCC[C@H]1c1nc(C(=O)c2ccc(F)cc2)cs1)C1CCN(C(C)(C)C)CC1. The van der Waals surface area contributed by atoms with E-state index in [4.69, 9.17) is 4.74 Å². The Labute approximate surface area is 690 Å². The minimum Gasteiger partial charge on any atom is -0.488 e. The molecule has 4 aromatic carbocycles. The van der Waals surface area contributed by atoms with Gasteiger partial charge in [-0.3, -0.25) is 48.2 Å². The highest BCUT2D eigenvalue weighted by atomic mass is 32.1. The van der Waals surface area contributed by atoms with Gasteiger partial charge in [-0.1, -0.05) is 129 Å². The van der Waals surface area contributed by atoms with E-state index in [1.165, 1.54) is 41.2 Å². The Hall–Kier alpha value is -7.60. The Kier molecular flexibility index (Phi) is 32.9. The van der Waals surface area contributed by atoms with Crippen LogP contribution in [-0.2, 0) is 52.9 Å². The minimum atomic E-state index is -0.778. The van der Waals surface area contributed by atoms with Crippen LogP contribution in [0.2, 0.25) is 0 Å². The molecule has 5 aliphatic rings. The lowest BCUT2D eigenvalue weighted by Gasteiger charge is -2.43. The maximum absolute atomic E-state index is 14.4. The van der Waals surface area contributed by atoms with Gasteiger partial charge in [-0.15, -0.1) is 11.3 Å². The number of ether oxygens (including phenoxy) is 1. The molecule has 0 radical (unpaired) electrons. The lowest BCUT2D eigenvalue weighted by molar-refractivity contribution is -0.147. The maximum atomic E-state index is 14.4. The predicted molar refractivity (Wildman–Crippen MR) is 458 cm³/mol. The molecule has 22 heteroatoms. The van der Waals surface area contributed by atoms with E-state index in [9.17, 15) is 42.7 Å². The number of benzene rings is 4. The van der Waals surface area contributed by atoms with Crippen molar-refractivity contribution in [3.05, 3.63) is 152 Å². The highest BCUT2D eigenvalue weighted by Crippen LogP contribution is 2.46. The van der Waals surface area contributed by atoms with Gasteiger partial charge in [-0.2, -0.15) is 0 Å². The summed E-state index contributed by atoms with van der Waals surface area (Å²) in [6, 6.07) is 27.9. The highest BCUT2D eigenvalue weighted by molar-refractivity contribution is 7.10. The number of fused-ring (bicyclic) bond motifs is 2. The van der Waals surface area contributed by atoms with Gasteiger partial charge in [0.05, 0.1) is 35.7 Å². The Morgan fingerprint density at radius 3 is 1.97 bits per heavy atom. The second-order valence-electron chi connectivity index (χ2n) is 38.0. The quantitative estimate of drug-likeness (QED) is 0.0241. The molecule has 0 spiro atoms. The Balaban J connectivity index is 0.000000217. The van der Waals surface area contributed by atoms with Gasteiger partial charge in [0.1, 0.15) is 46.5 Å². The van der Waals surface area contributed by atoms with Crippen molar-refractivity contribution < 1.29 is 47.5 Å². The van der Waals surface area contributed by atoms with E-state index < -0.39 is 17.5 Å². The van der Waals surface area contributed by atoms with Crippen LogP contribution in [0.25, 0.3) is 0 Å². The first kappa shape index (κ1) is 92.9. The van der Waals surface area contributed by atoms with Crippen LogP contribution in [0.3, 0.4) is 0 Å². The van der Waals surface area contributed by atoms with Crippen LogP contribution in [0.1, 0.15) is 269 Å². The number of hydrogen-bond donors (Lipinski definition) is 7. The molecule has 20 nitrogen and oxygen atoms in total. The van der Waals surface area contributed by atoms with E-state index in [0.29, 0.717) is 30.6 Å².